The molecule has 0 radical (unpaired) electrons. The molecule has 1 amide bonds. The molecule has 0 unspecified atom stereocenters. The molecule has 2 heterocycles. The summed E-state index contributed by atoms with van der Waals surface area (Å²) < 4.78 is 28.1. The Morgan fingerprint density at radius 1 is 1.36 bits per heavy atom. The standard InChI is InChI=1S/C16H16F2N4O3/c1-9-14(15(23)21-6-2-3-13(21)16(24)25)19-20-22(9)8-10-4-5-11(17)7-12(10)18/h4-5,7,13H,2-3,6,8H2,1H3,(H,24,25)/t13-/m1/s1. The van der Waals surface area contributed by atoms with E-state index in [0.29, 0.717) is 25.1 Å². The highest BCUT2D eigenvalue weighted by molar-refractivity contribution is 5.96. The number of nitrogens with zero attached hydrogens (tertiary/aromatic N) is 4. The van der Waals surface area contributed by atoms with Crippen LogP contribution in [0.4, 0.5) is 8.78 Å². The van der Waals surface area contributed by atoms with Gasteiger partial charge in [0.15, 0.2) is 5.69 Å². The summed E-state index contributed by atoms with van der Waals surface area (Å²) in [6.45, 7) is 1.93. The molecule has 1 atom stereocenters. The van der Waals surface area contributed by atoms with Crippen molar-refractivity contribution in [2.45, 2.75) is 32.4 Å². The van der Waals surface area contributed by atoms with Crippen molar-refractivity contribution in [2.75, 3.05) is 6.54 Å². The maximum Gasteiger partial charge on any atom is 0.326 e. The molecule has 1 aliphatic rings. The lowest BCUT2D eigenvalue weighted by atomic mass is 10.2. The molecule has 7 nitrogen and oxygen atoms in total. The van der Waals surface area contributed by atoms with E-state index in [1.54, 1.807) is 6.92 Å². The number of carbonyl (C=O) groups excluding carboxylic acids is 1. The Labute approximate surface area is 141 Å². The first-order valence-electron chi connectivity index (χ1n) is 7.76. The van der Waals surface area contributed by atoms with Gasteiger partial charge in [-0.05, 0) is 25.8 Å². The van der Waals surface area contributed by atoms with Crippen molar-refractivity contribution in [1.82, 2.24) is 19.9 Å². The summed E-state index contributed by atoms with van der Waals surface area (Å²) in [6, 6.07) is 2.34. The van der Waals surface area contributed by atoms with Crippen LogP contribution < -0.4 is 0 Å². The Morgan fingerprint density at radius 2 is 2.12 bits per heavy atom. The zero-order valence-corrected chi connectivity index (χ0v) is 13.4. The van der Waals surface area contributed by atoms with Crippen LogP contribution in [-0.4, -0.2) is 49.5 Å². The fraction of sp³-hybridized carbons (Fsp3) is 0.375. The highest BCUT2D eigenvalue weighted by Crippen LogP contribution is 2.21. The molecule has 1 N–H and O–H groups in total. The topological polar surface area (TPSA) is 88.3 Å². The van der Waals surface area contributed by atoms with E-state index in [9.17, 15) is 23.5 Å². The molecule has 132 valence electrons. The maximum atomic E-state index is 13.8. The van der Waals surface area contributed by atoms with Crippen molar-refractivity contribution >= 4 is 11.9 Å². The largest absolute Gasteiger partial charge is 0.480 e. The van der Waals surface area contributed by atoms with Gasteiger partial charge in [-0.3, -0.25) is 4.79 Å². The summed E-state index contributed by atoms with van der Waals surface area (Å²) in [5.41, 5.74) is 0.637. The molecule has 1 aliphatic heterocycles. The van der Waals surface area contributed by atoms with E-state index in [1.165, 1.54) is 15.6 Å². The SMILES string of the molecule is Cc1c(C(=O)N2CCC[C@@H]2C(=O)O)nnn1Cc1ccc(F)cc1F. The number of rotatable bonds is 4. The lowest BCUT2D eigenvalue weighted by Crippen LogP contribution is -2.40. The summed E-state index contributed by atoms with van der Waals surface area (Å²) in [5, 5.41) is 16.9. The number of hydrogen-bond donors (Lipinski definition) is 1. The van der Waals surface area contributed by atoms with Gasteiger partial charge in [0.2, 0.25) is 0 Å². The molecule has 3 rings (SSSR count). The number of hydrogen-bond acceptors (Lipinski definition) is 4. The molecule has 2 aromatic rings. The van der Waals surface area contributed by atoms with Gasteiger partial charge in [-0.15, -0.1) is 5.10 Å². The lowest BCUT2D eigenvalue weighted by molar-refractivity contribution is -0.141. The zero-order valence-electron chi connectivity index (χ0n) is 13.4. The molecule has 1 saturated heterocycles. The molecule has 1 aromatic carbocycles. The number of halogens is 2. The second-order valence-corrected chi connectivity index (χ2v) is 5.91. The molecule has 25 heavy (non-hydrogen) atoms. The first-order chi connectivity index (χ1) is 11.9. The van der Waals surface area contributed by atoms with Crippen LogP contribution in [0.3, 0.4) is 0 Å². The first kappa shape index (κ1) is 17.0. The van der Waals surface area contributed by atoms with Gasteiger partial charge in [-0.1, -0.05) is 11.3 Å². The molecule has 0 saturated carbocycles. The highest BCUT2D eigenvalue weighted by Gasteiger charge is 2.36. The van der Waals surface area contributed by atoms with Crippen molar-refractivity contribution < 1.29 is 23.5 Å². The average molecular weight is 350 g/mol. The fourth-order valence-electron chi connectivity index (χ4n) is 2.92. The average Bonchev–Trinajstić information content (AvgIpc) is 3.17. The van der Waals surface area contributed by atoms with Crippen LogP contribution in [0.1, 0.15) is 34.6 Å². The van der Waals surface area contributed by atoms with E-state index >= 15 is 0 Å². The summed E-state index contributed by atoms with van der Waals surface area (Å²) in [5.74, 6) is -2.95. The van der Waals surface area contributed by atoms with Crippen molar-refractivity contribution in [1.29, 1.82) is 0 Å². The van der Waals surface area contributed by atoms with Gasteiger partial charge in [0.05, 0.1) is 12.2 Å². The molecule has 9 heteroatoms. The normalized spacial score (nSPS) is 17.1. The minimum Gasteiger partial charge on any atom is -0.480 e. The van der Waals surface area contributed by atoms with Gasteiger partial charge < -0.3 is 10.0 Å². The van der Waals surface area contributed by atoms with Crippen molar-refractivity contribution in [3.8, 4) is 0 Å². The molecule has 1 aromatic heterocycles. The van der Waals surface area contributed by atoms with Gasteiger partial charge in [0, 0.05) is 18.2 Å². The number of aromatic nitrogens is 3. The van der Waals surface area contributed by atoms with Crippen LogP contribution in [0.15, 0.2) is 18.2 Å². The molecule has 0 aliphatic carbocycles. The third-order valence-corrected chi connectivity index (χ3v) is 4.32. The summed E-state index contributed by atoms with van der Waals surface area (Å²) in [7, 11) is 0. The van der Waals surface area contributed by atoms with Crippen LogP contribution in [0, 0.1) is 18.6 Å². The van der Waals surface area contributed by atoms with E-state index in [0.717, 1.165) is 12.1 Å². The number of carboxylic acids is 1. The van der Waals surface area contributed by atoms with Gasteiger partial charge >= 0.3 is 5.97 Å². The Bertz CT molecular complexity index is 837. The molecule has 0 bridgehead atoms. The zero-order chi connectivity index (χ0) is 18.1. The minimum absolute atomic E-state index is 0.0133. The van der Waals surface area contributed by atoms with Crippen LogP contribution in [0.25, 0.3) is 0 Å². The van der Waals surface area contributed by atoms with Crippen LogP contribution in [0.2, 0.25) is 0 Å². The molecular weight excluding hydrogens is 334 g/mol. The third-order valence-electron chi connectivity index (χ3n) is 4.32. The maximum absolute atomic E-state index is 13.8. The number of benzene rings is 1. The van der Waals surface area contributed by atoms with Gasteiger partial charge in [0.1, 0.15) is 17.7 Å². The van der Waals surface area contributed by atoms with Crippen LogP contribution in [0.5, 0.6) is 0 Å². The summed E-state index contributed by atoms with van der Waals surface area (Å²) >= 11 is 0. The highest BCUT2D eigenvalue weighted by atomic mass is 19.1. The minimum atomic E-state index is -1.05. The number of amides is 1. The summed E-state index contributed by atoms with van der Waals surface area (Å²) in [4.78, 5) is 25.1. The Kier molecular flexibility index (Phi) is 4.47. The monoisotopic (exact) mass is 350 g/mol. The van der Waals surface area contributed by atoms with Crippen LogP contribution in [-0.2, 0) is 11.3 Å². The number of carboxylic acid groups (broad SMARTS) is 1. The lowest BCUT2D eigenvalue weighted by Gasteiger charge is -2.20. The Balaban J connectivity index is 1.83. The second kappa shape index (κ2) is 6.58. The van der Waals surface area contributed by atoms with Crippen molar-refractivity contribution in [2.24, 2.45) is 0 Å². The fourth-order valence-corrected chi connectivity index (χ4v) is 2.92. The van der Waals surface area contributed by atoms with Crippen molar-refractivity contribution in [3.05, 3.63) is 46.8 Å². The van der Waals surface area contributed by atoms with Crippen LogP contribution >= 0.6 is 0 Å². The third kappa shape index (κ3) is 3.21. The van der Waals surface area contributed by atoms with E-state index in [2.05, 4.69) is 10.3 Å². The number of carbonyl (C=O) groups is 2. The van der Waals surface area contributed by atoms with Gasteiger partial charge in [-0.2, -0.15) is 0 Å². The Morgan fingerprint density at radius 3 is 2.80 bits per heavy atom. The first-order valence-corrected chi connectivity index (χ1v) is 7.76. The van der Waals surface area contributed by atoms with E-state index in [4.69, 9.17) is 0 Å². The predicted octanol–water partition coefficient (Wildman–Crippen LogP) is 1.60. The summed E-state index contributed by atoms with van der Waals surface area (Å²) in [6.07, 6.45) is 1.01. The second-order valence-electron chi connectivity index (χ2n) is 5.91. The van der Waals surface area contributed by atoms with E-state index < -0.39 is 29.6 Å². The van der Waals surface area contributed by atoms with E-state index in [1.807, 2.05) is 0 Å². The number of aliphatic carboxylic acids is 1. The van der Waals surface area contributed by atoms with E-state index in [-0.39, 0.29) is 17.8 Å². The predicted molar refractivity (Wildman–Crippen MR) is 81.9 cm³/mol. The molecule has 0 spiro atoms. The van der Waals surface area contributed by atoms with Gasteiger partial charge in [-0.25, -0.2) is 18.3 Å². The number of likely N-dealkylation sites (tertiary alicyclic amines) is 1. The molecule has 1 fully saturated rings. The quantitative estimate of drug-likeness (QED) is 0.905. The van der Waals surface area contributed by atoms with Crippen molar-refractivity contribution in [3.63, 3.8) is 0 Å². The Hall–Kier alpha value is -2.84. The van der Waals surface area contributed by atoms with Gasteiger partial charge in [0.25, 0.3) is 5.91 Å². The smallest absolute Gasteiger partial charge is 0.326 e. The molecular formula is C16H16F2N4O3.